The molecule has 2 aromatic heterocycles. The van der Waals surface area contributed by atoms with E-state index in [2.05, 4.69) is 15.2 Å². The van der Waals surface area contributed by atoms with Gasteiger partial charge in [-0.2, -0.15) is 13.2 Å². The Morgan fingerprint density at radius 2 is 1.81 bits per heavy atom. The Labute approximate surface area is 245 Å². The number of para-hydroxylation sites is 1. The fourth-order valence-corrected chi connectivity index (χ4v) is 5.37. The van der Waals surface area contributed by atoms with Crippen LogP contribution in [0.1, 0.15) is 16.2 Å². The van der Waals surface area contributed by atoms with Crippen molar-refractivity contribution in [3.05, 3.63) is 80.7 Å². The summed E-state index contributed by atoms with van der Waals surface area (Å²) < 4.78 is 47.7. The number of amides is 1. The lowest BCUT2D eigenvalue weighted by Gasteiger charge is -2.55. The van der Waals surface area contributed by atoms with Gasteiger partial charge in [0.05, 0.1) is 41.4 Å². The van der Waals surface area contributed by atoms with Gasteiger partial charge in [-0.05, 0) is 36.4 Å². The van der Waals surface area contributed by atoms with Crippen molar-refractivity contribution in [1.29, 1.82) is 0 Å². The van der Waals surface area contributed by atoms with Gasteiger partial charge in [0.2, 0.25) is 0 Å². The first-order chi connectivity index (χ1) is 19.9. The summed E-state index contributed by atoms with van der Waals surface area (Å²) in [6.07, 6.45) is -6.43. The van der Waals surface area contributed by atoms with E-state index in [1.807, 2.05) is 0 Å². The van der Waals surface area contributed by atoms with E-state index in [9.17, 15) is 27.9 Å². The maximum Gasteiger partial charge on any atom is 0.416 e. The van der Waals surface area contributed by atoms with Crippen LogP contribution in [0.25, 0.3) is 17.1 Å². The third-order valence-corrected chi connectivity index (χ3v) is 7.75. The molecule has 0 unspecified atom stereocenters. The maximum absolute atomic E-state index is 13.3. The molecule has 6 rings (SSSR count). The number of ether oxygens (including phenoxy) is 1. The topological polar surface area (TPSA) is 120 Å². The highest BCUT2D eigenvalue weighted by Crippen LogP contribution is 2.39. The zero-order valence-corrected chi connectivity index (χ0v) is 23.1. The zero-order chi connectivity index (χ0) is 29.8. The van der Waals surface area contributed by atoms with Gasteiger partial charge in [-0.1, -0.05) is 29.3 Å². The fraction of sp³-hybridized carbons (Fsp3) is 0.346. The van der Waals surface area contributed by atoms with Gasteiger partial charge < -0.3 is 14.7 Å². The third kappa shape index (κ3) is 5.19. The Morgan fingerprint density at radius 1 is 1.10 bits per heavy atom. The molecule has 11 nitrogen and oxygen atoms in total. The van der Waals surface area contributed by atoms with Crippen molar-refractivity contribution in [3.8, 4) is 17.1 Å². The summed E-state index contributed by atoms with van der Waals surface area (Å²) >= 11 is 12.4. The van der Waals surface area contributed by atoms with Crippen LogP contribution in [0.2, 0.25) is 10.0 Å². The highest BCUT2D eigenvalue weighted by atomic mass is 35.5. The van der Waals surface area contributed by atoms with Gasteiger partial charge in [0, 0.05) is 23.7 Å². The molecule has 42 heavy (non-hydrogen) atoms. The number of hydrogen-bond donors (Lipinski definition) is 1. The van der Waals surface area contributed by atoms with Crippen molar-refractivity contribution in [2.24, 2.45) is 5.41 Å². The Bertz CT molecular complexity index is 1710. The van der Waals surface area contributed by atoms with Crippen LogP contribution in [-0.2, 0) is 17.8 Å². The van der Waals surface area contributed by atoms with Gasteiger partial charge in [0.15, 0.2) is 17.8 Å². The fourth-order valence-electron chi connectivity index (χ4n) is 4.98. The average molecular weight is 624 g/mol. The molecule has 0 aliphatic carbocycles. The summed E-state index contributed by atoms with van der Waals surface area (Å²) in [5, 5.41) is 18.9. The predicted molar refractivity (Wildman–Crippen MR) is 144 cm³/mol. The molecule has 0 bridgehead atoms. The molecule has 0 radical (unpaired) electrons. The minimum absolute atomic E-state index is 0.0203. The first-order valence-corrected chi connectivity index (χ1v) is 13.4. The Hall–Kier alpha value is -3.72. The van der Waals surface area contributed by atoms with E-state index in [0.29, 0.717) is 48.1 Å². The summed E-state index contributed by atoms with van der Waals surface area (Å²) in [6.45, 7) is 1.00. The van der Waals surface area contributed by atoms with E-state index >= 15 is 0 Å². The monoisotopic (exact) mass is 623 g/mol. The van der Waals surface area contributed by atoms with Gasteiger partial charge in [-0.25, -0.2) is 19.1 Å². The minimum Gasteiger partial charge on any atom is -0.382 e. The highest BCUT2D eigenvalue weighted by Gasteiger charge is 2.51. The van der Waals surface area contributed by atoms with Gasteiger partial charge in [-0.3, -0.25) is 9.36 Å². The lowest BCUT2D eigenvalue weighted by molar-refractivity contribution is -0.207. The SMILES string of the molecule is O=C(c1cccc(Cl)c1-n1cnc(Cn2nc(-c3ccc(Cl)cc3)n(C[C@H](O)C(F)(F)F)c2=O)n1)N1CC2(COC2)C1. The number of hydrogen-bond acceptors (Lipinski definition) is 7. The molecule has 1 amide bonds. The average Bonchev–Trinajstić information content (AvgIpc) is 3.47. The third-order valence-electron chi connectivity index (χ3n) is 7.19. The molecule has 4 heterocycles. The van der Waals surface area contributed by atoms with Crippen LogP contribution in [-0.4, -0.2) is 83.6 Å². The molecule has 16 heteroatoms. The number of nitrogens with zero attached hydrogens (tertiary/aromatic N) is 7. The quantitative estimate of drug-likeness (QED) is 0.336. The van der Waals surface area contributed by atoms with Crippen LogP contribution < -0.4 is 5.69 Å². The number of benzene rings is 2. The molecular weight excluding hydrogens is 602 g/mol. The van der Waals surface area contributed by atoms with Crippen LogP contribution in [0.5, 0.6) is 0 Å². The summed E-state index contributed by atoms with van der Waals surface area (Å²) in [4.78, 5) is 32.4. The molecule has 4 aromatic rings. The normalized spacial score (nSPS) is 16.8. The zero-order valence-electron chi connectivity index (χ0n) is 21.6. The minimum atomic E-state index is -4.95. The van der Waals surface area contributed by atoms with Crippen molar-refractivity contribution >= 4 is 29.1 Å². The van der Waals surface area contributed by atoms with Crippen LogP contribution in [0, 0.1) is 5.41 Å². The van der Waals surface area contributed by atoms with Gasteiger partial charge in [-0.15, -0.1) is 10.2 Å². The number of alkyl halides is 3. The summed E-state index contributed by atoms with van der Waals surface area (Å²) in [5.74, 6) is -0.260. The van der Waals surface area contributed by atoms with Gasteiger partial charge in [0.25, 0.3) is 5.91 Å². The van der Waals surface area contributed by atoms with Crippen LogP contribution in [0.4, 0.5) is 13.2 Å². The van der Waals surface area contributed by atoms with Crippen LogP contribution >= 0.6 is 23.2 Å². The van der Waals surface area contributed by atoms with Crippen molar-refractivity contribution in [2.75, 3.05) is 26.3 Å². The Balaban J connectivity index is 1.30. The van der Waals surface area contributed by atoms with Crippen molar-refractivity contribution in [1.82, 2.24) is 34.0 Å². The molecule has 1 spiro atoms. The molecule has 1 atom stereocenters. The van der Waals surface area contributed by atoms with Crippen LogP contribution in [0.3, 0.4) is 0 Å². The number of carbonyl (C=O) groups excluding carboxylic acids is 1. The predicted octanol–water partition coefficient (Wildman–Crippen LogP) is 3.04. The van der Waals surface area contributed by atoms with Gasteiger partial charge in [0.1, 0.15) is 12.9 Å². The van der Waals surface area contributed by atoms with Crippen LogP contribution in [0.15, 0.2) is 53.6 Å². The summed E-state index contributed by atoms with van der Waals surface area (Å²) in [5.41, 5.74) is 0.0128. The standard InChI is InChI=1S/C26H22Cl2F3N7O4/c27-16-6-4-15(5-7-16)22-34-37(24(41)36(22)8-19(39)26(29,30)31)9-20-32-14-38(33-20)21-17(2-1-3-18(21)28)23(40)35-10-25(11-35)12-42-13-25/h1-7,14,19,39H,8-13H2/t19-/m0/s1. The number of halogens is 5. The van der Waals surface area contributed by atoms with E-state index < -0.39 is 24.5 Å². The molecule has 2 fully saturated rings. The number of rotatable bonds is 7. The van der Waals surface area contributed by atoms with Crippen molar-refractivity contribution in [2.45, 2.75) is 25.4 Å². The molecule has 0 saturated carbocycles. The number of aromatic nitrogens is 6. The first kappa shape index (κ1) is 28.4. The largest absolute Gasteiger partial charge is 0.416 e. The number of likely N-dealkylation sites (tertiary alicyclic amines) is 1. The molecule has 2 aliphatic heterocycles. The van der Waals surface area contributed by atoms with Crippen molar-refractivity contribution < 1.29 is 27.8 Å². The number of carbonyl (C=O) groups is 1. The van der Waals surface area contributed by atoms with E-state index in [1.165, 1.54) is 35.3 Å². The smallest absolute Gasteiger partial charge is 0.382 e. The van der Waals surface area contributed by atoms with E-state index in [-0.39, 0.29) is 34.5 Å². The molecule has 220 valence electrons. The lowest BCUT2D eigenvalue weighted by atomic mass is 9.77. The maximum atomic E-state index is 13.3. The van der Waals surface area contributed by atoms with E-state index in [0.717, 1.165) is 9.25 Å². The molecule has 2 saturated heterocycles. The number of aliphatic hydroxyl groups excluding tert-OH is 1. The second-order valence-electron chi connectivity index (χ2n) is 10.3. The summed E-state index contributed by atoms with van der Waals surface area (Å²) in [6, 6.07) is 10.9. The Morgan fingerprint density at radius 3 is 2.45 bits per heavy atom. The van der Waals surface area contributed by atoms with E-state index in [4.69, 9.17) is 27.9 Å². The number of aliphatic hydroxyl groups is 1. The first-order valence-electron chi connectivity index (χ1n) is 12.7. The molecule has 1 N–H and O–H groups in total. The van der Waals surface area contributed by atoms with Crippen molar-refractivity contribution in [3.63, 3.8) is 0 Å². The van der Waals surface area contributed by atoms with Gasteiger partial charge >= 0.3 is 11.9 Å². The molecule has 2 aliphatic rings. The summed E-state index contributed by atoms with van der Waals surface area (Å²) in [7, 11) is 0. The molecular formula is C26H22Cl2F3N7O4. The lowest BCUT2D eigenvalue weighted by Crippen LogP contribution is -2.67. The van der Waals surface area contributed by atoms with E-state index in [1.54, 1.807) is 23.1 Å². The second-order valence-corrected chi connectivity index (χ2v) is 11.2. The molecule has 2 aromatic carbocycles. The Kier molecular flexibility index (Phi) is 7.12. The highest BCUT2D eigenvalue weighted by molar-refractivity contribution is 6.33. The second kappa shape index (κ2) is 10.5.